The molecule has 92 valence electrons. The molecule has 6 nitrogen and oxygen atoms in total. The molecule has 0 saturated carbocycles. The number of carboxylic acids is 1. The van der Waals surface area contributed by atoms with Crippen LogP contribution in [0.5, 0.6) is 0 Å². The number of aromatic nitrogens is 3. The highest BCUT2D eigenvalue weighted by Gasteiger charge is 2.16. The van der Waals surface area contributed by atoms with E-state index in [4.69, 9.17) is 5.11 Å². The van der Waals surface area contributed by atoms with Crippen molar-refractivity contribution in [2.45, 2.75) is 25.8 Å². The second kappa shape index (κ2) is 3.90. The first kappa shape index (κ1) is 10.9. The third-order valence-corrected chi connectivity index (χ3v) is 3.15. The van der Waals surface area contributed by atoms with E-state index in [1.807, 2.05) is 0 Å². The van der Waals surface area contributed by atoms with Gasteiger partial charge in [-0.15, -0.1) is 0 Å². The monoisotopic (exact) mass is 245 g/mol. The Morgan fingerprint density at radius 2 is 2.28 bits per heavy atom. The molecule has 0 unspecified atom stereocenters. The number of pyridine rings is 1. The predicted octanol–water partition coefficient (Wildman–Crippen LogP) is 0.365. The van der Waals surface area contributed by atoms with E-state index in [1.165, 1.54) is 6.33 Å². The average molecular weight is 245 g/mol. The van der Waals surface area contributed by atoms with Gasteiger partial charge in [0, 0.05) is 5.69 Å². The first-order valence-corrected chi connectivity index (χ1v) is 5.75. The number of carboxylic acid groups (broad SMARTS) is 1. The Kier molecular flexibility index (Phi) is 2.36. The zero-order chi connectivity index (χ0) is 12.7. The number of fused-ring (bicyclic) bond motifs is 2. The van der Waals surface area contributed by atoms with E-state index in [-0.39, 0.29) is 12.1 Å². The maximum absolute atomic E-state index is 12.1. The lowest BCUT2D eigenvalue weighted by atomic mass is 10.2. The van der Waals surface area contributed by atoms with Crippen LogP contribution in [0.1, 0.15) is 17.7 Å². The molecule has 0 amide bonds. The van der Waals surface area contributed by atoms with Gasteiger partial charge in [0.25, 0.3) is 5.56 Å². The highest BCUT2D eigenvalue weighted by molar-refractivity contribution is 5.75. The van der Waals surface area contributed by atoms with Gasteiger partial charge in [0.05, 0.1) is 5.39 Å². The Labute approximate surface area is 102 Å². The summed E-state index contributed by atoms with van der Waals surface area (Å²) in [7, 11) is 0. The number of rotatable bonds is 2. The first-order chi connectivity index (χ1) is 8.65. The number of aryl methyl sites for hydroxylation is 2. The topological polar surface area (TPSA) is 85.1 Å². The van der Waals surface area contributed by atoms with Crippen LogP contribution in [0.2, 0.25) is 0 Å². The molecule has 0 fully saturated rings. The Hall–Kier alpha value is -2.24. The molecule has 1 aliphatic carbocycles. The lowest BCUT2D eigenvalue weighted by molar-refractivity contribution is -0.137. The lowest BCUT2D eigenvalue weighted by Gasteiger charge is -2.05. The van der Waals surface area contributed by atoms with Crippen LogP contribution in [-0.4, -0.2) is 25.6 Å². The highest BCUT2D eigenvalue weighted by Crippen LogP contribution is 2.21. The molecule has 2 aromatic heterocycles. The van der Waals surface area contributed by atoms with E-state index in [0.717, 1.165) is 35.1 Å². The number of hydrogen-bond donors (Lipinski definition) is 1. The molecular formula is C12H11N3O3. The first-order valence-electron chi connectivity index (χ1n) is 5.75. The number of aliphatic carboxylic acids is 1. The maximum atomic E-state index is 12.1. The molecule has 0 atom stereocenters. The van der Waals surface area contributed by atoms with Crippen LogP contribution in [0.25, 0.3) is 11.0 Å². The van der Waals surface area contributed by atoms with Crippen molar-refractivity contribution in [2.24, 2.45) is 0 Å². The smallest absolute Gasteiger partial charge is 0.323 e. The minimum absolute atomic E-state index is 0.343. The number of carbonyl (C=O) groups is 1. The summed E-state index contributed by atoms with van der Waals surface area (Å²) >= 11 is 0. The van der Waals surface area contributed by atoms with Gasteiger partial charge in [-0.25, -0.2) is 9.97 Å². The van der Waals surface area contributed by atoms with E-state index < -0.39 is 5.97 Å². The fraction of sp³-hybridized carbons (Fsp3) is 0.333. The minimum atomic E-state index is -1.06. The van der Waals surface area contributed by atoms with Crippen LogP contribution in [0.4, 0.5) is 0 Å². The zero-order valence-corrected chi connectivity index (χ0v) is 9.59. The summed E-state index contributed by atoms with van der Waals surface area (Å²) in [5, 5.41) is 9.12. The summed E-state index contributed by atoms with van der Waals surface area (Å²) in [5.74, 6) is -1.06. The fourth-order valence-corrected chi connectivity index (χ4v) is 2.31. The van der Waals surface area contributed by atoms with Crippen molar-refractivity contribution in [3.05, 3.63) is 34.0 Å². The summed E-state index contributed by atoms with van der Waals surface area (Å²) in [6, 6.07) is 1.80. The molecule has 0 spiro atoms. The van der Waals surface area contributed by atoms with Gasteiger partial charge in [-0.1, -0.05) is 0 Å². The molecule has 0 aromatic carbocycles. The second-order valence-corrected chi connectivity index (χ2v) is 4.39. The lowest BCUT2D eigenvalue weighted by Crippen LogP contribution is -2.24. The Bertz CT molecular complexity index is 706. The summed E-state index contributed by atoms with van der Waals surface area (Å²) in [5.41, 5.74) is 2.15. The van der Waals surface area contributed by atoms with Crippen molar-refractivity contribution in [2.75, 3.05) is 0 Å². The molecule has 2 heterocycles. The summed E-state index contributed by atoms with van der Waals surface area (Å²) < 4.78 is 1.09. The van der Waals surface area contributed by atoms with E-state index in [0.29, 0.717) is 11.0 Å². The predicted molar refractivity (Wildman–Crippen MR) is 63.5 cm³/mol. The Morgan fingerprint density at radius 1 is 1.44 bits per heavy atom. The van der Waals surface area contributed by atoms with Gasteiger partial charge in [0.2, 0.25) is 0 Å². The van der Waals surface area contributed by atoms with Crippen LogP contribution in [0, 0.1) is 0 Å². The van der Waals surface area contributed by atoms with E-state index in [1.54, 1.807) is 6.07 Å². The normalized spacial score (nSPS) is 13.8. The second-order valence-electron chi connectivity index (χ2n) is 4.39. The molecule has 3 rings (SSSR count). The van der Waals surface area contributed by atoms with Crippen molar-refractivity contribution in [1.29, 1.82) is 0 Å². The molecule has 18 heavy (non-hydrogen) atoms. The minimum Gasteiger partial charge on any atom is -0.480 e. The van der Waals surface area contributed by atoms with E-state index >= 15 is 0 Å². The number of nitrogens with zero attached hydrogens (tertiary/aromatic N) is 3. The van der Waals surface area contributed by atoms with Crippen molar-refractivity contribution in [3.8, 4) is 0 Å². The van der Waals surface area contributed by atoms with Crippen molar-refractivity contribution >= 4 is 17.0 Å². The molecule has 1 aliphatic rings. The van der Waals surface area contributed by atoms with Gasteiger partial charge in [0.15, 0.2) is 5.65 Å². The standard InChI is InChI=1S/C12H11N3O3/c16-10(17)5-15-6-13-11-8(12(15)18)4-7-2-1-3-9(7)14-11/h4,6H,1-3,5H2,(H,16,17). The van der Waals surface area contributed by atoms with Crippen LogP contribution < -0.4 is 5.56 Å². The van der Waals surface area contributed by atoms with Crippen LogP contribution >= 0.6 is 0 Å². The van der Waals surface area contributed by atoms with E-state index in [2.05, 4.69) is 9.97 Å². The van der Waals surface area contributed by atoms with Gasteiger partial charge in [-0.2, -0.15) is 0 Å². The molecule has 0 saturated heterocycles. The molecule has 1 N–H and O–H groups in total. The number of hydrogen-bond acceptors (Lipinski definition) is 4. The Balaban J connectivity index is 2.22. The molecular weight excluding hydrogens is 234 g/mol. The van der Waals surface area contributed by atoms with Crippen molar-refractivity contribution in [1.82, 2.24) is 14.5 Å². The SMILES string of the molecule is O=C(O)Cn1cnc2nc3c(cc2c1=O)CCC3. The summed E-state index contributed by atoms with van der Waals surface area (Å²) in [6.45, 7) is -0.376. The fourth-order valence-electron chi connectivity index (χ4n) is 2.31. The molecule has 0 aliphatic heterocycles. The third-order valence-electron chi connectivity index (χ3n) is 3.15. The molecule has 6 heteroatoms. The van der Waals surface area contributed by atoms with Crippen molar-refractivity contribution in [3.63, 3.8) is 0 Å². The van der Waals surface area contributed by atoms with Gasteiger partial charge < -0.3 is 5.11 Å². The summed E-state index contributed by atoms with van der Waals surface area (Å²) in [6.07, 6.45) is 4.13. The highest BCUT2D eigenvalue weighted by atomic mass is 16.4. The van der Waals surface area contributed by atoms with Gasteiger partial charge in [-0.05, 0) is 30.9 Å². The zero-order valence-electron chi connectivity index (χ0n) is 9.59. The Morgan fingerprint density at radius 3 is 3.06 bits per heavy atom. The van der Waals surface area contributed by atoms with Crippen LogP contribution in [0.3, 0.4) is 0 Å². The van der Waals surface area contributed by atoms with E-state index in [9.17, 15) is 9.59 Å². The average Bonchev–Trinajstić information content (AvgIpc) is 2.77. The van der Waals surface area contributed by atoms with Gasteiger partial charge in [-0.3, -0.25) is 14.2 Å². The van der Waals surface area contributed by atoms with Gasteiger partial charge >= 0.3 is 5.97 Å². The third kappa shape index (κ3) is 1.66. The van der Waals surface area contributed by atoms with Crippen LogP contribution in [-0.2, 0) is 24.2 Å². The van der Waals surface area contributed by atoms with Crippen molar-refractivity contribution < 1.29 is 9.90 Å². The molecule has 2 aromatic rings. The van der Waals surface area contributed by atoms with Crippen LogP contribution in [0.15, 0.2) is 17.2 Å². The quantitative estimate of drug-likeness (QED) is 0.826. The summed E-state index contributed by atoms with van der Waals surface area (Å²) in [4.78, 5) is 31.2. The molecule has 0 radical (unpaired) electrons. The maximum Gasteiger partial charge on any atom is 0.323 e. The largest absolute Gasteiger partial charge is 0.480 e. The van der Waals surface area contributed by atoms with Gasteiger partial charge in [0.1, 0.15) is 12.9 Å². The molecule has 0 bridgehead atoms.